The van der Waals surface area contributed by atoms with Gasteiger partial charge >= 0.3 is 0 Å². The van der Waals surface area contributed by atoms with E-state index in [0.717, 1.165) is 27.8 Å². The van der Waals surface area contributed by atoms with Crippen LogP contribution in [-0.4, -0.2) is 26.5 Å². The number of nitrogens with one attached hydrogen (secondary N) is 1. The molecule has 29 heavy (non-hydrogen) atoms. The normalized spacial score (nSPS) is 12.1. The lowest BCUT2D eigenvalue weighted by Crippen LogP contribution is -2.32. The molecule has 4 rings (SSSR count). The van der Waals surface area contributed by atoms with Crippen LogP contribution in [0.25, 0.3) is 33.4 Å². The van der Waals surface area contributed by atoms with Gasteiger partial charge in [-0.05, 0) is 66.6 Å². The number of carbonyl (C=O) groups excluding carboxylic acids is 1. The fourth-order valence-electron chi connectivity index (χ4n) is 3.37. The number of halogens is 1. The van der Waals surface area contributed by atoms with Gasteiger partial charge in [0.05, 0.1) is 11.7 Å². The third kappa shape index (κ3) is 3.48. The van der Waals surface area contributed by atoms with E-state index in [1.54, 1.807) is 37.5 Å². The monoisotopic (exact) mass is 389 g/mol. The summed E-state index contributed by atoms with van der Waals surface area (Å²) in [6.07, 6.45) is 3.46. The zero-order valence-electron chi connectivity index (χ0n) is 16.1. The average molecular weight is 389 g/mol. The van der Waals surface area contributed by atoms with Gasteiger partial charge in [0.2, 0.25) is 5.91 Å². The molecule has 1 amide bonds. The summed E-state index contributed by atoms with van der Waals surface area (Å²) in [4.78, 5) is 20.7. The predicted octanol–water partition coefficient (Wildman–Crippen LogP) is 3.73. The summed E-state index contributed by atoms with van der Waals surface area (Å²) in [7, 11) is 1.90. The van der Waals surface area contributed by atoms with Crippen molar-refractivity contribution in [3.63, 3.8) is 0 Å². The number of anilines is 1. The van der Waals surface area contributed by atoms with Crippen molar-refractivity contribution in [2.75, 3.05) is 5.32 Å². The molecule has 1 atom stereocenters. The lowest BCUT2D eigenvalue weighted by molar-refractivity contribution is -0.117. The first-order valence-corrected chi connectivity index (χ1v) is 9.18. The van der Waals surface area contributed by atoms with Crippen LogP contribution >= 0.6 is 0 Å². The molecule has 7 heteroatoms. The van der Waals surface area contributed by atoms with Gasteiger partial charge in [-0.3, -0.25) is 9.78 Å². The summed E-state index contributed by atoms with van der Waals surface area (Å²) in [6, 6.07) is 13.2. The van der Waals surface area contributed by atoms with Crippen LogP contribution in [0, 0.1) is 5.82 Å². The van der Waals surface area contributed by atoms with Crippen molar-refractivity contribution in [1.29, 1.82) is 0 Å². The maximum Gasteiger partial charge on any atom is 0.242 e. The molecule has 146 valence electrons. The van der Waals surface area contributed by atoms with E-state index in [4.69, 9.17) is 5.73 Å². The van der Waals surface area contributed by atoms with Gasteiger partial charge in [-0.2, -0.15) is 0 Å². The standard InChI is InChI=1S/C22H20FN5O/c1-13(24)22(29)27-18-8-7-17-19(14-9-11-25-12-10-14)20(28(2)21(17)26-18)15-3-5-16(23)6-4-15/h3-13H,24H2,1-2H3,(H,26,27,29)/t13-/m0/s1. The van der Waals surface area contributed by atoms with E-state index < -0.39 is 6.04 Å². The quantitative estimate of drug-likeness (QED) is 0.557. The van der Waals surface area contributed by atoms with E-state index in [1.807, 2.05) is 29.8 Å². The molecule has 0 aliphatic carbocycles. The van der Waals surface area contributed by atoms with E-state index in [2.05, 4.69) is 15.3 Å². The molecule has 0 radical (unpaired) electrons. The van der Waals surface area contributed by atoms with Crippen LogP contribution in [-0.2, 0) is 11.8 Å². The summed E-state index contributed by atoms with van der Waals surface area (Å²) in [5.74, 6) is -0.177. The molecule has 0 fully saturated rings. The Bertz CT molecular complexity index is 1180. The summed E-state index contributed by atoms with van der Waals surface area (Å²) >= 11 is 0. The molecule has 0 aliphatic rings. The van der Waals surface area contributed by atoms with Crippen LogP contribution in [0.3, 0.4) is 0 Å². The van der Waals surface area contributed by atoms with Crippen molar-refractivity contribution in [2.45, 2.75) is 13.0 Å². The molecule has 3 heterocycles. The number of hydrogen-bond donors (Lipinski definition) is 2. The smallest absolute Gasteiger partial charge is 0.242 e. The second-order valence-corrected chi connectivity index (χ2v) is 6.87. The maximum absolute atomic E-state index is 13.5. The van der Waals surface area contributed by atoms with Crippen molar-refractivity contribution in [2.24, 2.45) is 12.8 Å². The van der Waals surface area contributed by atoms with Gasteiger partial charge in [0, 0.05) is 30.4 Å². The van der Waals surface area contributed by atoms with E-state index in [9.17, 15) is 9.18 Å². The molecule has 6 nitrogen and oxygen atoms in total. The van der Waals surface area contributed by atoms with Crippen LogP contribution < -0.4 is 11.1 Å². The number of aryl methyl sites for hydroxylation is 1. The SMILES string of the molecule is C[C@H](N)C(=O)Nc1ccc2c(-c3ccncc3)c(-c3ccc(F)cc3)n(C)c2n1. The van der Waals surface area contributed by atoms with Crippen molar-refractivity contribution < 1.29 is 9.18 Å². The highest BCUT2D eigenvalue weighted by atomic mass is 19.1. The lowest BCUT2D eigenvalue weighted by atomic mass is 9.99. The summed E-state index contributed by atoms with van der Waals surface area (Å²) < 4.78 is 15.4. The maximum atomic E-state index is 13.5. The number of pyridine rings is 2. The Morgan fingerprint density at radius 1 is 1.07 bits per heavy atom. The van der Waals surface area contributed by atoms with Crippen molar-refractivity contribution in [1.82, 2.24) is 14.5 Å². The van der Waals surface area contributed by atoms with Crippen molar-refractivity contribution >= 4 is 22.8 Å². The van der Waals surface area contributed by atoms with Crippen LogP contribution in [0.1, 0.15) is 6.92 Å². The van der Waals surface area contributed by atoms with Crippen LogP contribution in [0.4, 0.5) is 10.2 Å². The molecule has 0 saturated carbocycles. The number of nitrogens with zero attached hydrogens (tertiary/aromatic N) is 3. The zero-order chi connectivity index (χ0) is 20.5. The van der Waals surface area contributed by atoms with Gasteiger partial charge in [0.25, 0.3) is 0 Å². The molecular formula is C22H20FN5O. The Morgan fingerprint density at radius 3 is 2.41 bits per heavy atom. The highest BCUT2D eigenvalue weighted by Crippen LogP contribution is 2.40. The molecule has 0 aliphatic heterocycles. The molecule has 3 aromatic heterocycles. The fourth-order valence-corrected chi connectivity index (χ4v) is 3.37. The topological polar surface area (TPSA) is 85.8 Å². The first-order valence-electron chi connectivity index (χ1n) is 9.18. The van der Waals surface area contributed by atoms with Gasteiger partial charge in [-0.25, -0.2) is 9.37 Å². The molecule has 0 unspecified atom stereocenters. The van der Waals surface area contributed by atoms with Gasteiger partial charge < -0.3 is 15.6 Å². The number of carbonyl (C=O) groups is 1. The minimum absolute atomic E-state index is 0.294. The molecule has 0 bridgehead atoms. The van der Waals surface area contributed by atoms with E-state index in [0.29, 0.717) is 11.5 Å². The van der Waals surface area contributed by atoms with Gasteiger partial charge in [-0.1, -0.05) is 0 Å². The lowest BCUT2D eigenvalue weighted by Gasteiger charge is -2.08. The Labute approximate surface area is 167 Å². The second-order valence-electron chi connectivity index (χ2n) is 6.87. The van der Waals surface area contributed by atoms with E-state index in [-0.39, 0.29) is 11.7 Å². The first-order chi connectivity index (χ1) is 14.0. The molecule has 3 N–H and O–H groups in total. The summed E-state index contributed by atoms with van der Waals surface area (Å²) in [5.41, 5.74) is 10.0. The number of nitrogens with two attached hydrogens (primary N) is 1. The Hall–Kier alpha value is -3.58. The van der Waals surface area contributed by atoms with Crippen molar-refractivity contribution in [3.8, 4) is 22.4 Å². The van der Waals surface area contributed by atoms with Crippen LogP contribution in [0.5, 0.6) is 0 Å². The Kier molecular flexibility index (Phi) is 4.82. The molecule has 4 aromatic rings. The minimum atomic E-state index is -0.636. The molecule has 0 spiro atoms. The van der Waals surface area contributed by atoms with Gasteiger partial charge in [0.15, 0.2) is 0 Å². The zero-order valence-corrected chi connectivity index (χ0v) is 16.1. The number of benzene rings is 1. The highest BCUT2D eigenvalue weighted by Gasteiger charge is 2.20. The van der Waals surface area contributed by atoms with E-state index >= 15 is 0 Å². The number of amides is 1. The number of hydrogen-bond acceptors (Lipinski definition) is 4. The highest BCUT2D eigenvalue weighted by molar-refractivity contribution is 6.04. The molecule has 1 aromatic carbocycles. The minimum Gasteiger partial charge on any atom is -0.328 e. The fraction of sp³-hybridized carbons (Fsp3) is 0.136. The van der Waals surface area contributed by atoms with Crippen LogP contribution in [0.2, 0.25) is 0 Å². The molecule has 0 saturated heterocycles. The molecular weight excluding hydrogens is 369 g/mol. The van der Waals surface area contributed by atoms with Crippen LogP contribution in [0.15, 0.2) is 60.9 Å². The predicted molar refractivity (Wildman–Crippen MR) is 112 cm³/mol. The largest absolute Gasteiger partial charge is 0.328 e. The first kappa shape index (κ1) is 18.8. The Balaban J connectivity index is 1.95. The second kappa shape index (κ2) is 7.44. The third-order valence-electron chi connectivity index (χ3n) is 4.79. The van der Waals surface area contributed by atoms with Gasteiger partial charge in [-0.15, -0.1) is 0 Å². The Morgan fingerprint density at radius 2 is 1.76 bits per heavy atom. The average Bonchev–Trinajstić information content (AvgIpc) is 3.01. The van der Waals surface area contributed by atoms with E-state index in [1.165, 1.54) is 12.1 Å². The summed E-state index contributed by atoms with van der Waals surface area (Å²) in [5, 5.41) is 3.64. The number of aromatic nitrogens is 3. The third-order valence-corrected chi connectivity index (χ3v) is 4.79. The van der Waals surface area contributed by atoms with Crippen molar-refractivity contribution in [3.05, 3.63) is 66.7 Å². The number of fused-ring (bicyclic) bond motifs is 1. The summed E-state index contributed by atoms with van der Waals surface area (Å²) in [6.45, 7) is 1.62. The van der Waals surface area contributed by atoms with Gasteiger partial charge in [0.1, 0.15) is 17.3 Å². The number of rotatable bonds is 4.